The molecule has 5 nitrogen and oxygen atoms in total. The van der Waals surface area contributed by atoms with Crippen molar-refractivity contribution in [3.8, 4) is 17.4 Å². The van der Waals surface area contributed by atoms with Crippen LogP contribution >= 0.6 is 0 Å². The molecular formula is C15H21N3O2. The fourth-order valence-corrected chi connectivity index (χ4v) is 2.12. The monoisotopic (exact) mass is 275 g/mol. The van der Waals surface area contributed by atoms with Crippen LogP contribution in [0.5, 0.6) is 17.4 Å². The minimum absolute atomic E-state index is 0.576. The summed E-state index contributed by atoms with van der Waals surface area (Å²) < 4.78 is 13.1. The number of hydrogen-bond acceptors (Lipinski definition) is 4. The van der Waals surface area contributed by atoms with E-state index in [1.807, 2.05) is 45.2 Å². The topological polar surface area (TPSA) is 62.3 Å². The van der Waals surface area contributed by atoms with Gasteiger partial charge in [-0.1, -0.05) is 0 Å². The van der Waals surface area contributed by atoms with Crippen LogP contribution in [0.25, 0.3) is 0 Å². The second kappa shape index (κ2) is 6.43. The number of rotatable bonds is 6. The van der Waals surface area contributed by atoms with Crippen molar-refractivity contribution in [2.45, 2.75) is 20.3 Å². The summed E-state index contributed by atoms with van der Waals surface area (Å²) in [4.78, 5) is 0. The molecule has 20 heavy (non-hydrogen) atoms. The zero-order chi connectivity index (χ0) is 14.5. The first-order valence-electron chi connectivity index (χ1n) is 6.79. The Morgan fingerprint density at radius 3 is 2.45 bits per heavy atom. The Morgan fingerprint density at radius 2 is 1.85 bits per heavy atom. The largest absolute Gasteiger partial charge is 0.494 e. The lowest BCUT2D eigenvalue weighted by Gasteiger charge is -2.09. The van der Waals surface area contributed by atoms with E-state index in [1.165, 1.54) is 0 Å². The predicted molar refractivity (Wildman–Crippen MR) is 78.4 cm³/mol. The normalized spacial score (nSPS) is 10.6. The summed E-state index contributed by atoms with van der Waals surface area (Å²) in [5.74, 6) is 2.34. The average Bonchev–Trinajstić information content (AvgIpc) is 2.69. The lowest BCUT2D eigenvalue weighted by Crippen LogP contribution is -2.05. The molecule has 0 amide bonds. The Hall–Kier alpha value is -2.01. The highest BCUT2D eigenvalue weighted by Gasteiger charge is 2.14. The van der Waals surface area contributed by atoms with Crippen LogP contribution < -0.4 is 15.2 Å². The van der Waals surface area contributed by atoms with Gasteiger partial charge < -0.3 is 15.2 Å². The quantitative estimate of drug-likeness (QED) is 0.879. The second-order valence-corrected chi connectivity index (χ2v) is 4.54. The van der Waals surface area contributed by atoms with E-state index in [0.717, 1.165) is 35.1 Å². The summed E-state index contributed by atoms with van der Waals surface area (Å²) in [6, 6.07) is 7.56. The van der Waals surface area contributed by atoms with Gasteiger partial charge in [-0.15, -0.1) is 0 Å². The molecule has 0 aliphatic heterocycles. The Kier molecular flexibility index (Phi) is 4.63. The zero-order valence-corrected chi connectivity index (χ0v) is 12.2. The third kappa shape index (κ3) is 3.11. The molecule has 2 aromatic rings. The van der Waals surface area contributed by atoms with E-state index in [-0.39, 0.29) is 0 Å². The highest BCUT2D eigenvalue weighted by Crippen LogP contribution is 2.28. The summed E-state index contributed by atoms with van der Waals surface area (Å²) in [5.41, 5.74) is 7.66. The van der Waals surface area contributed by atoms with E-state index >= 15 is 0 Å². The number of ether oxygens (including phenoxy) is 2. The summed E-state index contributed by atoms with van der Waals surface area (Å²) in [5, 5.41) is 4.38. The number of hydrogen-bond donors (Lipinski definition) is 1. The number of aromatic nitrogens is 2. The van der Waals surface area contributed by atoms with Gasteiger partial charge in [-0.25, -0.2) is 4.68 Å². The first-order valence-corrected chi connectivity index (χ1v) is 6.79. The maximum Gasteiger partial charge on any atom is 0.221 e. The lowest BCUT2D eigenvalue weighted by atomic mass is 10.2. The van der Waals surface area contributed by atoms with Gasteiger partial charge in [0.05, 0.1) is 12.3 Å². The minimum atomic E-state index is 0.576. The van der Waals surface area contributed by atoms with Gasteiger partial charge in [-0.3, -0.25) is 0 Å². The van der Waals surface area contributed by atoms with Gasteiger partial charge in [0.1, 0.15) is 11.5 Å². The van der Waals surface area contributed by atoms with Crippen LogP contribution in [0.2, 0.25) is 0 Å². The molecular weight excluding hydrogens is 254 g/mol. The summed E-state index contributed by atoms with van der Waals surface area (Å²) >= 11 is 0. The van der Waals surface area contributed by atoms with Crippen molar-refractivity contribution in [3.05, 3.63) is 35.5 Å². The molecule has 2 rings (SSSR count). The molecule has 0 unspecified atom stereocenters. The highest BCUT2D eigenvalue weighted by atomic mass is 16.5. The van der Waals surface area contributed by atoms with Crippen molar-refractivity contribution in [1.29, 1.82) is 0 Å². The van der Waals surface area contributed by atoms with E-state index in [2.05, 4.69) is 5.10 Å². The van der Waals surface area contributed by atoms with Crippen LogP contribution in [0, 0.1) is 6.92 Å². The summed E-state index contributed by atoms with van der Waals surface area (Å²) in [6.45, 7) is 5.16. The van der Waals surface area contributed by atoms with E-state index < -0.39 is 0 Å². The maximum atomic E-state index is 5.94. The molecule has 0 saturated carbocycles. The van der Waals surface area contributed by atoms with Crippen molar-refractivity contribution >= 4 is 0 Å². The fourth-order valence-electron chi connectivity index (χ4n) is 2.12. The standard InChI is InChI=1S/C15H21N3O2/c1-4-19-12-5-7-13(8-6-12)20-15-14(9-10-16)11(2)17-18(15)3/h5-8H,4,9-10,16H2,1-3H3. The van der Waals surface area contributed by atoms with E-state index in [0.29, 0.717) is 13.2 Å². The smallest absolute Gasteiger partial charge is 0.221 e. The van der Waals surface area contributed by atoms with Crippen LogP contribution in [-0.4, -0.2) is 22.9 Å². The van der Waals surface area contributed by atoms with Gasteiger partial charge >= 0.3 is 0 Å². The third-order valence-electron chi connectivity index (χ3n) is 3.03. The molecule has 1 heterocycles. The molecule has 1 aromatic heterocycles. The summed E-state index contributed by atoms with van der Waals surface area (Å²) in [6.07, 6.45) is 0.756. The number of nitrogens with zero attached hydrogens (tertiary/aromatic N) is 2. The SMILES string of the molecule is CCOc1ccc(Oc2c(CCN)c(C)nn2C)cc1. The molecule has 1 aromatic carbocycles. The molecule has 5 heteroatoms. The number of nitrogens with two attached hydrogens (primary N) is 1. The molecule has 0 atom stereocenters. The van der Waals surface area contributed by atoms with Gasteiger partial charge in [0, 0.05) is 12.6 Å². The summed E-state index contributed by atoms with van der Waals surface area (Å²) in [7, 11) is 1.87. The molecule has 0 fully saturated rings. The Balaban J connectivity index is 2.20. The van der Waals surface area contributed by atoms with E-state index in [1.54, 1.807) is 4.68 Å². The van der Waals surface area contributed by atoms with Gasteiger partial charge in [0.2, 0.25) is 5.88 Å². The first-order chi connectivity index (χ1) is 9.65. The molecule has 0 bridgehead atoms. The van der Waals surface area contributed by atoms with Crippen LogP contribution in [0.4, 0.5) is 0 Å². The molecule has 2 N–H and O–H groups in total. The molecule has 0 aliphatic carbocycles. The molecule has 0 saturated heterocycles. The fraction of sp³-hybridized carbons (Fsp3) is 0.400. The van der Waals surface area contributed by atoms with Crippen LogP contribution in [0.3, 0.4) is 0 Å². The average molecular weight is 275 g/mol. The number of aryl methyl sites for hydroxylation is 2. The maximum absolute atomic E-state index is 5.94. The van der Waals surface area contributed by atoms with E-state index in [4.69, 9.17) is 15.2 Å². The Bertz CT molecular complexity index is 561. The molecule has 0 radical (unpaired) electrons. The highest BCUT2D eigenvalue weighted by molar-refractivity contribution is 5.38. The van der Waals surface area contributed by atoms with Gasteiger partial charge in [-0.2, -0.15) is 5.10 Å². The number of benzene rings is 1. The third-order valence-corrected chi connectivity index (χ3v) is 3.03. The van der Waals surface area contributed by atoms with Gasteiger partial charge in [-0.05, 0) is 51.1 Å². The van der Waals surface area contributed by atoms with Crippen molar-refractivity contribution in [1.82, 2.24) is 9.78 Å². The van der Waals surface area contributed by atoms with Crippen molar-refractivity contribution < 1.29 is 9.47 Å². The Labute approximate surface area is 119 Å². The minimum Gasteiger partial charge on any atom is -0.494 e. The molecule has 0 aliphatic rings. The van der Waals surface area contributed by atoms with E-state index in [9.17, 15) is 0 Å². The zero-order valence-electron chi connectivity index (χ0n) is 12.2. The van der Waals surface area contributed by atoms with Crippen LogP contribution in [0.15, 0.2) is 24.3 Å². The van der Waals surface area contributed by atoms with Crippen LogP contribution in [0.1, 0.15) is 18.2 Å². The predicted octanol–water partition coefficient (Wildman–Crippen LogP) is 2.42. The lowest BCUT2D eigenvalue weighted by molar-refractivity contribution is 0.339. The van der Waals surface area contributed by atoms with Gasteiger partial charge in [0.25, 0.3) is 0 Å². The van der Waals surface area contributed by atoms with Crippen LogP contribution in [-0.2, 0) is 13.5 Å². The first kappa shape index (κ1) is 14.4. The molecule has 108 valence electrons. The Morgan fingerprint density at radius 1 is 1.20 bits per heavy atom. The second-order valence-electron chi connectivity index (χ2n) is 4.54. The van der Waals surface area contributed by atoms with Crippen molar-refractivity contribution in [3.63, 3.8) is 0 Å². The van der Waals surface area contributed by atoms with Crippen molar-refractivity contribution in [2.24, 2.45) is 12.8 Å². The molecule has 0 spiro atoms. The van der Waals surface area contributed by atoms with Gasteiger partial charge in [0.15, 0.2) is 0 Å². The van der Waals surface area contributed by atoms with Crippen molar-refractivity contribution in [2.75, 3.05) is 13.2 Å².